The molecule has 1 aromatic carbocycles. The summed E-state index contributed by atoms with van der Waals surface area (Å²) in [6, 6.07) is 9.37. The van der Waals surface area contributed by atoms with Crippen LogP contribution in [0.4, 0.5) is 0 Å². The molecule has 0 spiro atoms. The molecule has 0 aliphatic carbocycles. The van der Waals surface area contributed by atoms with Gasteiger partial charge in [0, 0.05) is 25.6 Å². The summed E-state index contributed by atoms with van der Waals surface area (Å²) in [4.78, 5) is 13.9. The van der Waals surface area contributed by atoms with E-state index < -0.39 is 6.10 Å². The van der Waals surface area contributed by atoms with Crippen LogP contribution in [0.2, 0.25) is 0 Å². The van der Waals surface area contributed by atoms with E-state index >= 15 is 0 Å². The third-order valence-electron chi connectivity index (χ3n) is 3.89. The second-order valence-corrected chi connectivity index (χ2v) is 5.39. The van der Waals surface area contributed by atoms with E-state index in [0.717, 1.165) is 18.5 Å². The van der Waals surface area contributed by atoms with Crippen LogP contribution in [0.1, 0.15) is 31.4 Å². The van der Waals surface area contributed by atoms with Gasteiger partial charge in [0.1, 0.15) is 0 Å². The topological polar surface area (TPSA) is 66.6 Å². The lowest BCUT2D eigenvalue weighted by molar-refractivity contribution is -0.135. The third kappa shape index (κ3) is 3.55. The highest BCUT2D eigenvalue weighted by Gasteiger charge is 2.27. The van der Waals surface area contributed by atoms with E-state index in [1.54, 1.807) is 4.90 Å². The predicted molar refractivity (Wildman–Crippen MR) is 74.4 cm³/mol. The van der Waals surface area contributed by atoms with Crippen molar-refractivity contribution in [2.75, 3.05) is 13.1 Å². The normalized spacial score (nSPS) is 25.1. The van der Waals surface area contributed by atoms with Gasteiger partial charge in [-0.3, -0.25) is 4.79 Å². The van der Waals surface area contributed by atoms with E-state index in [9.17, 15) is 9.90 Å². The molecule has 1 saturated heterocycles. The number of likely N-dealkylation sites (tertiary alicyclic amines) is 1. The second kappa shape index (κ2) is 6.17. The molecule has 1 aliphatic heterocycles. The Bertz CT molecular complexity index is 421. The Morgan fingerprint density at radius 1 is 1.47 bits per heavy atom. The smallest absolute Gasteiger partial charge is 0.224 e. The number of hydrogen-bond acceptors (Lipinski definition) is 3. The molecule has 1 amide bonds. The molecule has 0 bridgehead atoms. The van der Waals surface area contributed by atoms with E-state index in [2.05, 4.69) is 0 Å². The van der Waals surface area contributed by atoms with Crippen LogP contribution < -0.4 is 5.73 Å². The quantitative estimate of drug-likeness (QED) is 0.863. The van der Waals surface area contributed by atoms with Gasteiger partial charge >= 0.3 is 0 Å². The van der Waals surface area contributed by atoms with Crippen molar-refractivity contribution in [3.8, 4) is 0 Å². The number of aliphatic hydroxyl groups is 1. The van der Waals surface area contributed by atoms with Crippen molar-refractivity contribution in [3.63, 3.8) is 0 Å². The Balaban J connectivity index is 1.91. The Hall–Kier alpha value is -1.39. The maximum absolute atomic E-state index is 12.2. The molecule has 4 nitrogen and oxygen atoms in total. The summed E-state index contributed by atoms with van der Waals surface area (Å²) in [6.07, 6.45) is 0.740. The molecule has 1 fully saturated rings. The third-order valence-corrected chi connectivity index (χ3v) is 3.89. The van der Waals surface area contributed by atoms with Crippen molar-refractivity contribution in [2.45, 2.75) is 31.9 Å². The molecule has 4 heteroatoms. The van der Waals surface area contributed by atoms with Gasteiger partial charge in [0.05, 0.1) is 6.10 Å². The SMILES string of the molecule is CC1CCN(C(=O)CC(N)c2ccccc2)CC1O. The lowest BCUT2D eigenvalue weighted by Gasteiger charge is -2.34. The fourth-order valence-corrected chi connectivity index (χ4v) is 2.41. The molecule has 3 atom stereocenters. The molecule has 1 aliphatic rings. The van der Waals surface area contributed by atoms with Crippen LogP contribution in [0, 0.1) is 5.92 Å². The molecular formula is C15H22N2O2. The number of amides is 1. The van der Waals surface area contributed by atoms with Crippen LogP contribution in [0.5, 0.6) is 0 Å². The summed E-state index contributed by atoms with van der Waals surface area (Å²) < 4.78 is 0. The summed E-state index contributed by atoms with van der Waals surface area (Å²) >= 11 is 0. The Kier molecular flexibility index (Phi) is 4.56. The number of nitrogens with zero attached hydrogens (tertiary/aromatic N) is 1. The van der Waals surface area contributed by atoms with Crippen molar-refractivity contribution >= 4 is 5.91 Å². The first-order valence-corrected chi connectivity index (χ1v) is 6.84. The standard InChI is InChI=1S/C15H22N2O2/c1-11-7-8-17(10-14(11)18)15(19)9-13(16)12-5-3-2-4-6-12/h2-6,11,13-14,18H,7-10,16H2,1H3. The van der Waals surface area contributed by atoms with Crippen molar-refractivity contribution in [1.82, 2.24) is 4.90 Å². The van der Waals surface area contributed by atoms with Gasteiger partial charge in [-0.15, -0.1) is 0 Å². The van der Waals surface area contributed by atoms with Crippen LogP contribution in [0.25, 0.3) is 0 Å². The molecule has 1 heterocycles. The second-order valence-electron chi connectivity index (χ2n) is 5.39. The van der Waals surface area contributed by atoms with Gasteiger partial charge in [-0.1, -0.05) is 37.3 Å². The Morgan fingerprint density at radius 2 is 2.16 bits per heavy atom. The minimum absolute atomic E-state index is 0.0299. The van der Waals surface area contributed by atoms with Crippen LogP contribution >= 0.6 is 0 Å². The average Bonchev–Trinajstić information content (AvgIpc) is 2.42. The van der Waals surface area contributed by atoms with Crippen LogP contribution in [-0.4, -0.2) is 35.1 Å². The first-order valence-electron chi connectivity index (χ1n) is 6.84. The van der Waals surface area contributed by atoms with E-state index in [4.69, 9.17) is 5.73 Å². The van der Waals surface area contributed by atoms with Crippen LogP contribution in [-0.2, 0) is 4.79 Å². The lowest BCUT2D eigenvalue weighted by atomic mass is 9.95. The molecule has 104 valence electrons. The van der Waals surface area contributed by atoms with Crippen molar-refractivity contribution in [1.29, 1.82) is 0 Å². The number of piperidine rings is 1. The predicted octanol–water partition coefficient (Wildman–Crippen LogP) is 1.31. The summed E-state index contributed by atoms with van der Waals surface area (Å²) in [5.41, 5.74) is 7.03. The number of carbonyl (C=O) groups is 1. The number of nitrogens with two attached hydrogens (primary N) is 1. The van der Waals surface area contributed by atoms with Gasteiger partial charge in [0.2, 0.25) is 5.91 Å². The van der Waals surface area contributed by atoms with Crippen molar-refractivity contribution < 1.29 is 9.90 Å². The summed E-state index contributed by atoms with van der Waals surface area (Å²) in [5.74, 6) is 0.300. The number of aliphatic hydroxyl groups excluding tert-OH is 1. The van der Waals surface area contributed by atoms with Gasteiger partial charge < -0.3 is 15.7 Å². The maximum atomic E-state index is 12.2. The number of rotatable bonds is 3. The molecule has 2 rings (SSSR count). The zero-order valence-corrected chi connectivity index (χ0v) is 11.3. The monoisotopic (exact) mass is 262 g/mol. The fraction of sp³-hybridized carbons (Fsp3) is 0.533. The minimum Gasteiger partial charge on any atom is -0.391 e. The lowest BCUT2D eigenvalue weighted by Crippen LogP contribution is -2.46. The van der Waals surface area contributed by atoms with E-state index in [1.807, 2.05) is 37.3 Å². The largest absolute Gasteiger partial charge is 0.391 e. The number of benzene rings is 1. The molecule has 0 radical (unpaired) electrons. The zero-order valence-electron chi connectivity index (χ0n) is 11.3. The first-order chi connectivity index (χ1) is 9.08. The molecule has 1 aromatic rings. The fourth-order valence-electron chi connectivity index (χ4n) is 2.41. The van der Waals surface area contributed by atoms with E-state index in [-0.39, 0.29) is 17.9 Å². The van der Waals surface area contributed by atoms with Gasteiger partial charge in [-0.2, -0.15) is 0 Å². The summed E-state index contributed by atoms with van der Waals surface area (Å²) in [5, 5.41) is 9.82. The van der Waals surface area contributed by atoms with Crippen molar-refractivity contribution in [2.24, 2.45) is 11.7 Å². The number of hydrogen-bond donors (Lipinski definition) is 2. The van der Waals surface area contributed by atoms with Gasteiger partial charge in [0.25, 0.3) is 0 Å². The molecule has 0 saturated carbocycles. The molecule has 3 N–H and O–H groups in total. The van der Waals surface area contributed by atoms with Gasteiger partial charge in [-0.25, -0.2) is 0 Å². The molecule has 19 heavy (non-hydrogen) atoms. The minimum atomic E-state index is -0.411. The zero-order chi connectivity index (χ0) is 13.8. The molecule has 0 aromatic heterocycles. The van der Waals surface area contributed by atoms with Gasteiger partial charge in [0.15, 0.2) is 0 Å². The number of carbonyl (C=O) groups excluding carboxylic acids is 1. The molecular weight excluding hydrogens is 240 g/mol. The first kappa shape index (κ1) is 14.0. The van der Waals surface area contributed by atoms with Crippen LogP contribution in [0.3, 0.4) is 0 Å². The average molecular weight is 262 g/mol. The summed E-state index contributed by atoms with van der Waals surface area (Å²) in [7, 11) is 0. The van der Waals surface area contributed by atoms with Crippen molar-refractivity contribution in [3.05, 3.63) is 35.9 Å². The van der Waals surface area contributed by atoms with E-state index in [0.29, 0.717) is 13.0 Å². The summed E-state index contributed by atoms with van der Waals surface area (Å²) in [6.45, 7) is 3.17. The molecule has 3 unspecified atom stereocenters. The Labute approximate surface area is 114 Å². The highest BCUT2D eigenvalue weighted by molar-refractivity contribution is 5.77. The number of β-amino-alcohol motifs (C(OH)–C–C–N with tert-alkyl or cyclic N) is 1. The highest BCUT2D eigenvalue weighted by Crippen LogP contribution is 2.20. The van der Waals surface area contributed by atoms with E-state index in [1.165, 1.54) is 0 Å². The van der Waals surface area contributed by atoms with Gasteiger partial charge in [-0.05, 0) is 17.9 Å². The Morgan fingerprint density at radius 3 is 2.79 bits per heavy atom. The van der Waals surface area contributed by atoms with Crippen LogP contribution in [0.15, 0.2) is 30.3 Å². The maximum Gasteiger partial charge on any atom is 0.224 e. The highest BCUT2D eigenvalue weighted by atomic mass is 16.3.